The van der Waals surface area contributed by atoms with Crippen LogP contribution in [0.3, 0.4) is 0 Å². The predicted molar refractivity (Wildman–Crippen MR) is 46.9 cm³/mol. The minimum atomic E-state index is -4.58. The van der Waals surface area contributed by atoms with E-state index in [1.807, 2.05) is 0 Å². The van der Waals surface area contributed by atoms with Crippen LogP contribution in [-0.4, -0.2) is 11.7 Å². The number of fused-ring (bicyclic) bond motifs is 1. The average molecular weight is 218 g/mol. The van der Waals surface area contributed by atoms with Gasteiger partial charge in [0.05, 0.1) is 6.61 Å². The molecule has 0 saturated heterocycles. The first-order valence-electron chi connectivity index (χ1n) is 4.55. The third-order valence-corrected chi connectivity index (χ3v) is 2.34. The van der Waals surface area contributed by atoms with Gasteiger partial charge >= 0.3 is 6.18 Å². The standard InChI is InChI=1S/C10H9F3O2/c11-10(12,13)8-7(14)4-3-6-2-1-5-15-9(6)8/h3-4,14H,1-2,5H2. The second-order valence-electron chi connectivity index (χ2n) is 3.40. The predicted octanol–water partition coefficient (Wildman–Crippen LogP) is 2.74. The Morgan fingerprint density at radius 2 is 2.00 bits per heavy atom. The van der Waals surface area contributed by atoms with Crippen LogP contribution in [0.25, 0.3) is 0 Å². The van der Waals surface area contributed by atoms with E-state index in [2.05, 4.69) is 0 Å². The van der Waals surface area contributed by atoms with Crippen molar-refractivity contribution in [2.24, 2.45) is 0 Å². The van der Waals surface area contributed by atoms with Crippen molar-refractivity contribution in [1.29, 1.82) is 0 Å². The van der Waals surface area contributed by atoms with E-state index in [0.717, 1.165) is 6.07 Å². The average Bonchev–Trinajstić information content (AvgIpc) is 2.15. The third-order valence-electron chi connectivity index (χ3n) is 2.34. The van der Waals surface area contributed by atoms with Gasteiger partial charge in [-0.05, 0) is 24.5 Å². The lowest BCUT2D eigenvalue weighted by Gasteiger charge is -2.22. The molecule has 0 amide bonds. The molecular weight excluding hydrogens is 209 g/mol. The van der Waals surface area contributed by atoms with Crippen LogP contribution in [0.1, 0.15) is 17.5 Å². The van der Waals surface area contributed by atoms with E-state index in [0.29, 0.717) is 18.4 Å². The zero-order chi connectivity index (χ0) is 11.1. The van der Waals surface area contributed by atoms with Crippen LogP contribution in [0.5, 0.6) is 11.5 Å². The van der Waals surface area contributed by atoms with Gasteiger partial charge in [0.1, 0.15) is 17.1 Å². The van der Waals surface area contributed by atoms with Crippen LogP contribution in [0.4, 0.5) is 13.2 Å². The van der Waals surface area contributed by atoms with E-state index in [1.54, 1.807) is 0 Å². The first kappa shape index (κ1) is 10.1. The van der Waals surface area contributed by atoms with Gasteiger partial charge in [0.25, 0.3) is 0 Å². The molecule has 1 aromatic rings. The van der Waals surface area contributed by atoms with Gasteiger partial charge in [0.2, 0.25) is 0 Å². The quantitative estimate of drug-likeness (QED) is 0.725. The number of benzene rings is 1. The summed E-state index contributed by atoms with van der Waals surface area (Å²) >= 11 is 0. The fraction of sp³-hybridized carbons (Fsp3) is 0.400. The molecule has 1 heterocycles. The van der Waals surface area contributed by atoms with Gasteiger partial charge in [-0.1, -0.05) is 6.07 Å². The minimum absolute atomic E-state index is 0.214. The van der Waals surface area contributed by atoms with Crippen molar-refractivity contribution < 1.29 is 23.0 Å². The number of ether oxygens (including phenoxy) is 1. The fourth-order valence-corrected chi connectivity index (χ4v) is 1.69. The van der Waals surface area contributed by atoms with Crippen LogP contribution in [-0.2, 0) is 12.6 Å². The maximum absolute atomic E-state index is 12.6. The lowest BCUT2D eigenvalue weighted by atomic mass is 10.0. The van der Waals surface area contributed by atoms with Gasteiger partial charge in [0, 0.05) is 0 Å². The number of alkyl halides is 3. The van der Waals surface area contributed by atoms with Crippen molar-refractivity contribution in [3.63, 3.8) is 0 Å². The first-order chi connectivity index (χ1) is 7.00. The van der Waals surface area contributed by atoms with E-state index < -0.39 is 17.5 Å². The third kappa shape index (κ3) is 1.73. The van der Waals surface area contributed by atoms with Crippen LogP contribution in [0.15, 0.2) is 12.1 Å². The summed E-state index contributed by atoms with van der Waals surface area (Å²) in [6.07, 6.45) is -3.32. The summed E-state index contributed by atoms with van der Waals surface area (Å²) in [6.45, 7) is 0.263. The van der Waals surface area contributed by atoms with Gasteiger partial charge in [-0.2, -0.15) is 13.2 Å². The molecule has 0 atom stereocenters. The second-order valence-corrected chi connectivity index (χ2v) is 3.40. The lowest BCUT2D eigenvalue weighted by Crippen LogP contribution is -2.15. The molecule has 0 fully saturated rings. The van der Waals surface area contributed by atoms with Crippen molar-refractivity contribution in [1.82, 2.24) is 0 Å². The Morgan fingerprint density at radius 3 is 2.67 bits per heavy atom. The monoisotopic (exact) mass is 218 g/mol. The van der Waals surface area contributed by atoms with E-state index in [-0.39, 0.29) is 12.4 Å². The van der Waals surface area contributed by atoms with Crippen molar-refractivity contribution in [2.45, 2.75) is 19.0 Å². The molecule has 5 heteroatoms. The zero-order valence-electron chi connectivity index (χ0n) is 7.77. The number of aromatic hydroxyl groups is 1. The lowest BCUT2D eigenvalue weighted by molar-refractivity contribution is -0.140. The highest BCUT2D eigenvalue weighted by Gasteiger charge is 2.39. The van der Waals surface area contributed by atoms with E-state index in [1.165, 1.54) is 6.07 Å². The molecule has 2 rings (SSSR count). The van der Waals surface area contributed by atoms with E-state index in [9.17, 15) is 18.3 Å². The largest absolute Gasteiger partial charge is 0.507 e. The smallest absolute Gasteiger partial charge is 0.423 e. The SMILES string of the molecule is Oc1ccc2c(c1C(F)(F)F)OCCC2. The molecule has 0 spiro atoms. The summed E-state index contributed by atoms with van der Waals surface area (Å²) in [5, 5.41) is 9.20. The molecule has 1 aliphatic heterocycles. The van der Waals surface area contributed by atoms with Crippen molar-refractivity contribution >= 4 is 0 Å². The minimum Gasteiger partial charge on any atom is -0.507 e. The summed E-state index contributed by atoms with van der Waals surface area (Å²) in [7, 11) is 0. The molecule has 0 unspecified atom stereocenters. The van der Waals surface area contributed by atoms with Gasteiger partial charge in [-0.25, -0.2) is 0 Å². The number of halogens is 3. The summed E-state index contributed by atoms with van der Waals surface area (Å²) in [6, 6.07) is 2.54. The number of phenols is 1. The molecule has 15 heavy (non-hydrogen) atoms. The fourth-order valence-electron chi connectivity index (χ4n) is 1.69. The maximum Gasteiger partial charge on any atom is 0.423 e. The second kappa shape index (κ2) is 3.32. The number of phenolic OH excluding ortho intramolecular Hbond substituents is 1. The molecule has 0 saturated carbocycles. The Kier molecular flexibility index (Phi) is 2.25. The summed E-state index contributed by atoms with van der Waals surface area (Å²) in [5.74, 6) is -0.989. The molecule has 1 N–H and O–H groups in total. The van der Waals surface area contributed by atoms with Crippen LogP contribution in [0, 0.1) is 0 Å². The first-order valence-corrected chi connectivity index (χ1v) is 4.55. The van der Waals surface area contributed by atoms with Gasteiger partial charge in [-0.15, -0.1) is 0 Å². The maximum atomic E-state index is 12.6. The normalized spacial score (nSPS) is 15.7. The van der Waals surface area contributed by atoms with Crippen molar-refractivity contribution in [2.75, 3.05) is 6.61 Å². The van der Waals surface area contributed by atoms with Crippen molar-refractivity contribution in [3.8, 4) is 11.5 Å². The molecule has 1 aliphatic rings. The molecule has 1 aromatic carbocycles. The number of hydrogen-bond acceptors (Lipinski definition) is 2. The van der Waals surface area contributed by atoms with Gasteiger partial charge in [0.15, 0.2) is 0 Å². The van der Waals surface area contributed by atoms with Gasteiger partial charge < -0.3 is 9.84 Å². The highest BCUT2D eigenvalue weighted by molar-refractivity contribution is 5.51. The zero-order valence-corrected chi connectivity index (χ0v) is 7.77. The molecule has 0 radical (unpaired) electrons. The summed E-state index contributed by atoms with van der Waals surface area (Å²) < 4.78 is 42.8. The Labute approximate surface area is 84.3 Å². The molecule has 2 nitrogen and oxygen atoms in total. The Hall–Kier alpha value is -1.39. The topological polar surface area (TPSA) is 29.5 Å². The Bertz CT molecular complexity index is 385. The highest BCUT2D eigenvalue weighted by atomic mass is 19.4. The molecule has 0 aromatic heterocycles. The molecule has 82 valence electrons. The van der Waals surface area contributed by atoms with Crippen LogP contribution in [0.2, 0.25) is 0 Å². The van der Waals surface area contributed by atoms with Crippen LogP contribution < -0.4 is 4.74 Å². The molecule has 0 bridgehead atoms. The van der Waals surface area contributed by atoms with Crippen molar-refractivity contribution in [3.05, 3.63) is 23.3 Å². The number of hydrogen-bond donors (Lipinski definition) is 1. The molecule has 0 aliphatic carbocycles. The Morgan fingerprint density at radius 1 is 1.27 bits per heavy atom. The van der Waals surface area contributed by atoms with E-state index in [4.69, 9.17) is 4.74 Å². The molecular formula is C10H9F3O2. The van der Waals surface area contributed by atoms with Crippen LogP contribution >= 0.6 is 0 Å². The number of aryl methyl sites for hydroxylation is 1. The highest BCUT2D eigenvalue weighted by Crippen LogP contribution is 2.45. The van der Waals surface area contributed by atoms with Gasteiger partial charge in [-0.3, -0.25) is 0 Å². The Balaban J connectivity index is 2.60. The number of rotatable bonds is 0. The summed E-state index contributed by atoms with van der Waals surface area (Å²) in [4.78, 5) is 0. The summed E-state index contributed by atoms with van der Waals surface area (Å²) in [5.41, 5.74) is -0.550. The van der Waals surface area contributed by atoms with E-state index >= 15 is 0 Å².